The Labute approximate surface area is 106 Å². The fraction of sp³-hybridized carbons (Fsp3) is 0.188. The molecule has 0 saturated carbocycles. The first-order valence-corrected chi connectivity index (χ1v) is 6.24. The summed E-state index contributed by atoms with van der Waals surface area (Å²) in [6.45, 7) is 0. The van der Waals surface area contributed by atoms with Gasteiger partial charge in [0.2, 0.25) is 5.91 Å². The zero-order chi connectivity index (χ0) is 12.5. The number of rotatable bonds is 2. The Kier molecular flexibility index (Phi) is 2.63. The van der Waals surface area contributed by atoms with Gasteiger partial charge in [-0.2, -0.15) is 0 Å². The third kappa shape index (κ3) is 1.70. The molecule has 0 spiro atoms. The molecule has 2 aromatic carbocycles. The van der Waals surface area contributed by atoms with E-state index in [1.54, 1.807) is 0 Å². The molecule has 0 aliphatic heterocycles. The van der Waals surface area contributed by atoms with Gasteiger partial charge in [0.25, 0.3) is 0 Å². The molecular weight excluding hydrogens is 222 g/mol. The minimum Gasteiger partial charge on any atom is -0.366 e. The number of carbonyl (C=O) groups is 1. The van der Waals surface area contributed by atoms with E-state index in [2.05, 4.69) is 24.3 Å². The number of hydrogen-bond donors (Lipinski definition) is 1. The number of nitrogens with two attached hydrogens (primary N) is 1. The maximum atomic E-state index is 11.5. The number of benzene rings is 2. The Morgan fingerprint density at radius 3 is 2.44 bits per heavy atom. The Morgan fingerprint density at radius 2 is 1.67 bits per heavy atom. The molecule has 0 bridgehead atoms. The Bertz CT molecular complexity index is 604. The molecule has 1 aliphatic rings. The van der Waals surface area contributed by atoms with Crippen LogP contribution in [0.15, 0.2) is 48.5 Å². The third-order valence-electron chi connectivity index (χ3n) is 3.73. The Morgan fingerprint density at radius 1 is 1.00 bits per heavy atom. The van der Waals surface area contributed by atoms with Crippen molar-refractivity contribution in [1.29, 1.82) is 0 Å². The van der Waals surface area contributed by atoms with Gasteiger partial charge >= 0.3 is 0 Å². The summed E-state index contributed by atoms with van der Waals surface area (Å²) < 4.78 is 0. The summed E-state index contributed by atoms with van der Waals surface area (Å²) in [5.74, 6) is -0.0279. The van der Waals surface area contributed by atoms with Crippen LogP contribution >= 0.6 is 0 Å². The van der Waals surface area contributed by atoms with Crippen molar-refractivity contribution in [3.8, 4) is 0 Å². The molecule has 2 aromatic rings. The lowest BCUT2D eigenvalue weighted by Gasteiger charge is -2.15. The van der Waals surface area contributed by atoms with Crippen LogP contribution in [0.4, 0.5) is 0 Å². The summed E-state index contributed by atoms with van der Waals surface area (Å²) in [6, 6.07) is 16.1. The lowest BCUT2D eigenvalue weighted by atomic mass is 9.89. The van der Waals surface area contributed by atoms with Crippen molar-refractivity contribution < 1.29 is 4.79 Å². The second kappa shape index (κ2) is 4.30. The summed E-state index contributed by atoms with van der Waals surface area (Å²) in [5, 5.41) is 0. The van der Waals surface area contributed by atoms with E-state index in [4.69, 9.17) is 5.73 Å². The average molecular weight is 237 g/mol. The summed E-state index contributed by atoms with van der Waals surface area (Å²) in [4.78, 5) is 11.5. The van der Waals surface area contributed by atoms with Crippen molar-refractivity contribution in [3.05, 3.63) is 70.8 Å². The summed E-state index contributed by atoms with van der Waals surface area (Å²) in [5.41, 5.74) is 9.91. The SMILES string of the molecule is NC(=O)c1ccccc1[C@H]1CCc2ccccc21. The van der Waals surface area contributed by atoms with Crippen LogP contribution in [0.5, 0.6) is 0 Å². The van der Waals surface area contributed by atoms with Gasteiger partial charge in [0.05, 0.1) is 0 Å². The van der Waals surface area contributed by atoms with Gasteiger partial charge in [-0.1, -0.05) is 42.5 Å². The minimum atomic E-state index is -0.338. The smallest absolute Gasteiger partial charge is 0.248 e. The van der Waals surface area contributed by atoms with Crippen LogP contribution in [0.25, 0.3) is 0 Å². The van der Waals surface area contributed by atoms with E-state index in [9.17, 15) is 4.79 Å². The molecule has 3 rings (SSSR count). The van der Waals surface area contributed by atoms with Crippen molar-refractivity contribution in [1.82, 2.24) is 0 Å². The zero-order valence-electron chi connectivity index (χ0n) is 10.1. The first kappa shape index (κ1) is 11.0. The standard InChI is InChI=1S/C16H15NO/c17-16(18)15-8-4-3-7-13(15)14-10-9-11-5-1-2-6-12(11)14/h1-8,14H,9-10H2,(H2,17,18)/t14-/m0/s1. The molecule has 18 heavy (non-hydrogen) atoms. The molecule has 2 nitrogen and oxygen atoms in total. The van der Waals surface area contributed by atoms with E-state index < -0.39 is 0 Å². The molecule has 2 heteroatoms. The molecular formula is C16H15NO. The number of amides is 1. The first-order chi connectivity index (χ1) is 8.77. The highest BCUT2D eigenvalue weighted by Gasteiger charge is 2.26. The third-order valence-corrected chi connectivity index (χ3v) is 3.73. The zero-order valence-corrected chi connectivity index (χ0v) is 10.1. The van der Waals surface area contributed by atoms with Crippen molar-refractivity contribution in [2.24, 2.45) is 5.73 Å². The fourth-order valence-corrected chi connectivity index (χ4v) is 2.91. The molecule has 1 atom stereocenters. The number of hydrogen-bond acceptors (Lipinski definition) is 1. The largest absolute Gasteiger partial charge is 0.366 e. The van der Waals surface area contributed by atoms with Crippen molar-refractivity contribution in [3.63, 3.8) is 0 Å². The van der Waals surface area contributed by atoms with Gasteiger partial charge in [0, 0.05) is 11.5 Å². The molecule has 0 fully saturated rings. The van der Waals surface area contributed by atoms with Crippen molar-refractivity contribution in [2.75, 3.05) is 0 Å². The van der Waals surface area contributed by atoms with Crippen LogP contribution in [0.2, 0.25) is 0 Å². The second-order valence-electron chi connectivity index (χ2n) is 4.74. The predicted molar refractivity (Wildman–Crippen MR) is 71.6 cm³/mol. The molecule has 2 N–H and O–H groups in total. The highest BCUT2D eigenvalue weighted by Crippen LogP contribution is 2.39. The first-order valence-electron chi connectivity index (χ1n) is 6.24. The van der Waals surface area contributed by atoms with Gasteiger partial charge in [0.1, 0.15) is 0 Å². The van der Waals surface area contributed by atoms with Gasteiger partial charge in [-0.3, -0.25) is 4.79 Å². The number of fused-ring (bicyclic) bond motifs is 1. The van der Waals surface area contributed by atoms with E-state index in [0.29, 0.717) is 11.5 Å². The molecule has 0 heterocycles. The lowest BCUT2D eigenvalue weighted by molar-refractivity contribution is 0.0999. The van der Waals surface area contributed by atoms with E-state index in [-0.39, 0.29) is 5.91 Å². The van der Waals surface area contributed by atoms with Gasteiger partial charge in [-0.05, 0) is 35.6 Å². The van der Waals surface area contributed by atoms with Crippen LogP contribution in [-0.4, -0.2) is 5.91 Å². The van der Waals surface area contributed by atoms with Gasteiger partial charge in [-0.25, -0.2) is 0 Å². The maximum absolute atomic E-state index is 11.5. The number of aryl methyl sites for hydroxylation is 1. The monoisotopic (exact) mass is 237 g/mol. The van der Waals surface area contributed by atoms with Crippen LogP contribution < -0.4 is 5.73 Å². The van der Waals surface area contributed by atoms with Crippen LogP contribution in [0, 0.1) is 0 Å². The van der Waals surface area contributed by atoms with Crippen LogP contribution in [0.3, 0.4) is 0 Å². The maximum Gasteiger partial charge on any atom is 0.248 e. The summed E-state index contributed by atoms with van der Waals surface area (Å²) in [7, 11) is 0. The average Bonchev–Trinajstić information content (AvgIpc) is 2.82. The highest BCUT2D eigenvalue weighted by molar-refractivity contribution is 5.94. The normalized spacial score (nSPS) is 17.4. The van der Waals surface area contributed by atoms with E-state index in [1.807, 2.05) is 24.3 Å². The predicted octanol–water partition coefficient (Wildman–Crippen LogP) is 2.86. The van der Waals surface area contributed by atoms with E-state index in [1.165, 1.54) is 11.1 Å². The lowest BCUT2D eigenvalue weighted by Crippen LogP contribution is -2.15. The highest BCUT2D eigenvalue weighted by atomic mass is 16.1. The van der Waals surface area contributed by atoms with E-state index in [0.717, 1.165) is 18.4 Å². The summed E-state index contributed by atoms with van der Waals surface area (Å²) >= 11 is 0. The van der Waals surface area contributed by atoms with Gasteiger partial charge in [0.15, 0.2) is 0 Å². The van der Waals surface area contributed by atoms with Gasteiger partial charge in [-0.15, -0.1) is 0 Å². The van der Waals surface area contributed by atoms with E-state index >= 15 is 0 Å². The quantitative estimate of drug-likeness (QED) is 0.857. The second-order valence-corrected chi connectivity index (χ2v) is 4.74. The van der Waals surface area contributed by atoms with Crippen molar-refractivity contribution in [2.45, 2.75) is 18.8 Å². The Balaban J connectivity index is 2.10. The number of carbonyl (C=O) groups excluding carboxylic acids is 1. The molecule has 0 aromatic heterocycles. The molecule has 0 unspecified atom stereocenters. The van der Waals surface area contributed by atoms with Crippen LogP contribution in [0.1, 0.15) is 39.4 Å². The minimum absolute atomic E-state index is 0.310. The molecule has 1 amide bonds. The topological polar surface area (TPSA) is 43.1 Å². The summed E-state index contributed by atoms with van der Waals surface area (Å²) in [6.07, 6.45) is 2.14. The van der Waals surface area contributed by atoms with Crippen molar-refractivity contribution >= 4 is 5.91 Å². The molecule has 1 aliphatic carbocycles. The number of primary amides is 1. The van der Waals surface area contributed by atoms with Crippen LogP contribution in [-0.2, 0) is 6.42 Å². The fourth-order valence-electron chi connectivity index (χ4n) is 2.91. The van der Waals surface area contributed by atoms with Gasteiger partial charge < -0.3 is 5.73 Å². The molecule has 0 saturated heterocycles. The molecule has 0 radical (unpaired) electrons. The Hall–Kier alpha value is -2.09. The molecule has 90 valence electrons.